The van der Waals surface area contributed by atoms with Crippen LogP contribution in [0.2, 0.25) is 0 Å². The van der Waals surface area contributed by atoms with Gasteiger partial charge in [0.25, 0.3) is 0 Å². The summed E-state index contributed by atoms with van der Waals surface area (Å²) in [6, 6.07) is 6.28. The standard InChI is InChI=1S/C10H8ClFN2S/c1-6(11)9-13-14-10(15-9)7-3-2-4-8(12)5-7/h2-6H,1H3/t6-/m1/s1. The van der Waals surface area contributed by atoms with E-state index in [1.807, 2.05) is 6.92 Å². The zero-order valence-electron chi connectivity index (χ0n) is 7.95. The molecule has 0 radical (unpaired) electrons. The van der Waals surface area contributed by atoms with Gasteiger partial charge in [-0.25, -0.2) is 4.39 Å². The van der Waals surface area contributed by atoms with E-state index in [4.69, 9.17) is 11.6 Å². The molecule has 0 aliphatic heterocycles. The van der Waals surface area contributed by atoms with E-state index in [0.29, 0.717) is 5.01 Å². The molecule has 0 aliphatic carbocycles. The lowest BCUT2D eigenvalue weighted by Gasteiger charge is -1.94. The number of alkyl halides is 1. The first-order valence-electron chi connectivity index (χ1n) is 4.40. The molecule has 2 aromatic rings. The molecule has 0 bridgehead atoms. The number of benzene rings is 1. The van der Waals surface area contributed by atoms with Crippen LogP contribution in [0.15, 0.2) is 24.3 Å². The van der Waals surface area contributed by atoms with Gasteiger partial charge in [0.15, 0.2) is 0 Å². The van der Waals surface area contributed by atoms with Crippen LogP contribution in [0.25, 0.3) is 10.6 Å². The Bertz CT molecular complexity index is 470. The molecule has 1 aromatic heterocycles. The molecule has 1 heterocycles. The van der Waals surface area contributed by atoms with Crippen molar-refractivity contribution in [3.63, 3.8) is 0 Å². The Morgan fingerprint density at radius 3 is 2.80 bits per heavy atom. The Morgan fingerprint density at radius 2 is 2.20 bits per heavy atom. The van der Waals surface area contributed by atoms with Crippen molar-refractivity contribution in [2.75, 3.05) is 0 Å². The fraction of sp³-hybridized carbons (Fsp3) is 0.200. The van der Waals surface area contributed by atoms with Crippen molar-refractivity contribution in [2.45, 2.75) is 12.3 Å². The second-order valence-electron chi connectivity index (χ2n) is 3.07. The van der Waals surface area contributed by atoms with E-state index >= 15 is 0 Å². The smallest absolute Gasteiger partial charge is 0.147 e. The van der Waals surface area contributed by atoms with Gasteiger partial charge in [-0.3, -0.25) is 0 Å². The molecule has 0 saturated carbocycles. The Morgan fingerprint density at radius 1 is 1.40 bits per heavy atom. The highest BCUT2D eigenvalue weighted by molar-refractivity contribution is 7.15. The van der Waals surface area contributed by atoms with Crippen LogP contribution in [0.3, 0.4) is 0 Å². The Labute approximate surface area is 95.7 Å². The Hall–Kier alpha value is -1.00. The highest BCUT2D eigenvalue weighted by atomic mass is 35.5. The monoisotopic (exact) mass is 242 g/mol. The minimum atomic E-state index is -0.275. The summed E-state index contributed by atoms with van der Waals surface area (Å²) >= 11 is 7.25. The minimum absolute atomic E-state index is 0.162. The predicted molar refractivity (Wildman–Crippen MR) is 59.6 cm³/mol. The van der Waals surface area contributed by atoms with Crippen molar-refractivity contribution in [2.24, 2.45) is 0 Å². The van der Waals surface area contributed by atoms with E-state index in [9.17, 15) is 4.39 Å². The first-order valence-corrected chi connectivity index (χ1v) is 5.65. The van der Waals surface area contributed by atoms with E-state index in [1.165, 1.54) is 23.5 Å². The predicted octanol–water partition coefficient (Wildman–Crippen LogP) is 3.64. The van der Waals surface area contributed by atoms with Gasteiger partial charge in [0, 0.05) is 5.56 Å². The maximum atomic E-state index is 12.9. The molecule has 1 aromatic carbocycles. The maximum absolute atomic E-state index is 12.9. The normalized spacial score (nSPS) is 12.7. The number of hydrogen-bond donors (Lipinski definition) is 0. The van der Waals surface area contributed by atoms with Crippen molar-refractivity contribution < 1.29 is 4.39 Å². The van der Waals surface area contributed by atoms with Gasteiger partial charge in [0.05, 0.1) is 5.38 Å². The summed E-state index contributed by atoms with van der Waals surface area (Å²) in [6.45, 7) is 1.83. The van der Waals surface area contributed by atoms with Crippen LogP contribution < -0.4 is 0 Å². The third-order valence-electron chi connectivity index (χ3n) is 1.85. The van der Waals surface area contributed by atoms with E-state index in [1.54, 1.807) is 12.1 Å². The van der Waals surface area contributed by atoms with Crippen molar-refractivity contribution >= 4 is 22.9 Å². The molecule has 5 heteroatoms. The molecule has 0 unspecified atom stereocenters. The summed E-state index contributed by atoms with van der Waals surface area (Å²) in [5, 5.41) is 9.18. The highest BCUT2D eigenvalue weighted by Crippen LogP contribution is 2.29. The lowest BCUT2D eigenvalue weighted by molar-refractivity contribution is 0.628. The van der Waals surface area contributed by atoms with Crippen LogP contribution >= 0.6 is 22.9 Å². The van der Waals surface area contributed by atoms with Gasteiger partial charge < -0.3 is 0 Å². The molecule has 15 heavy (non-hydrogen) atoms. The second kappa shape index (κ2) is 4.24. The number of halogens is 2. The molecule has 78 valence electrons. The Kier molecular flexibility index (Phi) is 2.98. The fourth-order valence-corrected chi connectivity index (χ4v) is 2.08. The molecular formula is C10H8ClFN2S. The highest BCUT2D eigenvalue weighted by Gasteiger charge is 2.10. The second-order valence-corrected chi connectivity index (χ2v) is 4.74. The van der Waals surface area contributed by atoms with Crippen LogP contribution in [0, 0.1) is 5.82 Å². The quantitative estimate of drug-likeness (QED) is 0.752. The summed E-state index contributed by atoms with van der Waals surface area (Å²) < 4.78 is 12.9. The van der Waals surface area contributed by atoms with Crippen LogP contribution in [0.5, 0.6) is 0 Å². The molecule has 2 rings (SSSR count). The molecular weight excluding hydrogens is 235 g/mol. The van der Waals surface area contributed by atoms with E-state index in [0.717, 1.165) is 10.6 Å². The topological polar surface area (TPSA) is 25.8 Å². The van der Waals surface area contributed by atoms with E-state index in [-0.39, 0.29) is 11.2 Å². The van der Waals surface area contributed by atoms with Gasteiger partial charge in [-0.15, -0.1) is 21.8 Å². The van der Waals surface area contributed by atoms with Crippen molar-refractivity contribution in [3.8, 4) is 10.6 Å². The van der Waals surface area contributed by atoms with Gasteiger partial charge in [-0.2, -0.15) is 0 Å². The van der Waals surface area contributed by atoms with Crippen molar-refractivity contribution in [3.05, 3.63) is 35.1 Å². The van der Waals surface area contributed by atoms with Gasteiger partial charge in [-0.05, 0) is 19.1 Å². The average molecular weight is 243 g/mol. The molecule has 0 amide bonds. The van der Waals surface area contributed by atoms with Crippen molar-refractivity contribution in [1.29, 1.82) is 0 Å². The maximum Gasteiger partial charge on any atom is 0.147 e. The molecule has 0 spiro atoms. The third-order valence-corrected chi connectivity index (χ3v) is 3.34. The van der Waals surface area contributed by atoms with Gasteiger partial charge in [-0.1, -0.05) is 23.5 Å². The number of rotatable bonds is 2. The largest absolute Gasteiger partial charge is 0.207 e. The van der Waals surface area contributed by atoms with E-state index in [2.05, 4.69) is 10.2 Å². The summed E-state index contributed by atoms with van der Waals surface area (Å²) in [5.74, 6) is -0.275. The SMILES string of the molecule is C[C@@H](Cl)c1nnc(-c2cccc(F)c2)s1. The van der Waals surface area contributed by atoms with Crippen LogP contribution in [-0.2, 0) is 0 Å². The molecule has 0 saturated heterocycles. The van der Waals surface area contributed by atoms with E-state index < -0.39 is 0 Å². The van der Waals surface area contributed by atoms with Crippen LogP contribution in [0.4, 0.5) is 4.39 Å². The summed E-state index contributed by atoms with van der Waals surface area (Å²) in [6.07, 6.45) is 0. The van der Waals surface area contributed by atoms with Crippen LogP contribution in [-0.4, -0.2) is 10.2 Å². The third kappa shape index (κ3) is 2.33. The average Bonchev–Trinajstić information content (AvgIpc) is 2.66. The number of nitrogens with zero attached hydrogens (tertiary/aromatic N) is 2. The minimum Gasteiger partial charge on any atom is -0.207 e. The lowest BCUT2D eigenvalue weighted by atomic mass is 10.2. The molecule has 0 N–H and O–H groups in total. The zero-order chi connectivity index (χ0) is 10.8. The Balaban J connectivity index is 2.37. The summed E-state index contributed by atoms with van der Waals surface area (Å²) in [7, 11) is 0. The molecule has 1 atom stereocenters. The molecule has 0 aliphatic rings. The lowest BCUT2D eigenvalue weighted by Crippen LogP contribution is -1.81. The molecule has 2 nitrogen and oxygen atoms in total. The first-order chi connectivity index (χ1) is 7.16. The summed E-state index contributed by atoms with van der Waals surface area (Å²) in [5.41, 5.74) is 0.732. The van der Waals surface area contributed by atoms with Gasteiger partial charge in [0.1, 0.15) is 15.8 Å². The van der Waals surface area contributed by atoms with Crippen molar-refractivity contribution in [1.82, 2.24) is 10.2 Å². The zero-order valence-corrected chi connectivity index (χ0v) is 9.52. The number of hydrogen-bond acceptors (Lipinski definition) is 3. The van der Waals surface area contributed by atoms with Gasteiger partial charge >= 0.3 is 0 Å². The molecule has 0 fully saturated rings. The van der Waals surface area contributed by atoms with Crippen LogP contribution in [0.1, 0.15) is 17.3 Å². The number of aromatic nitrogens is 2. The summed E-state index contributed by atoms with van der Waals surface area (Å²) in [4.78, 5) is 0. The fourth-order valence-electron chi connectivity index (χ4n) is 1.13. The van der Waals surface area contributed by atoms with Gasteiger partial charge in [0.2, 0.25) is 0 Å². The first kappa shape index (κ1) is 10.5.